The highest BCUT2D eigenvalue weighted by molar-refractivity contribution is 6.06. The molecule has 0 amide bonds. The monoisotopic (exact) mass is 464 g/mol. The molecule has 0 spiro atoms. The highest BCUT2D eigenvalue weighted by Gasteiger charge is 2.13. The van der Waals surface area contributed by atoms with Crippen LogP contribution in [-0.2, 0) is 0 Å². The van der Waals surface area contributed by atoms with Gasteiger partial charge >= 0.3 is 11.9 Å². The smallest absolute Gasteiger partial charge is 0.335 e. The number of benzene rings is 4. The summed E-state index contributed by atoms with van der Waals surface area (Å²) >= 11 is 0. The largest absolute Gasteiger partial charge is 0.478 e. The molecule has 0 saturated heterocycles. The summed E-state index contributed by atoms with van der Waals surface area (Å²) in [6, 6.07) is 27.5. The van der Waals surface area contributed by atoms with Crippen molar-refractivity contribution in [2.45, 2.75) is 0 Å². The molecule has 0 saturated carbocycles. The SMILES string of the molecule is O=C(O)c1cc(Oc2ccc(-c3ccc(C=CC(=O)c4ccccc4)cc3)cc2)cc(C(=O)O)c1. The second kappa shape index (κ2) is 10.3. The zero-order chi connectivity index (χ0) is 24.8. The van der Waals surface area contributed by atoms with Crippen molar-refractivity contribution in [2.75, 3.05) is 0 Å². The lowest BCUT2D eigenvalue weighted by atomic mass is 10.0. The Labute approximate surface area is 201 Å². The van der Waals surface area contributed by atoms with Crippen LogP contribution in [0.1, 0.15) is 36.6 Å². The van der Waals surface area contributed by atoms with Gasteiger partial charge in [0.25, 0.3) is 0 Å². The van der Waals surface area contributed by atoms with E-state index in [0.717, 1.165) is 22.8 Å². The summed E-state index contributed by atoms with van der Waals surface area (Å²) in [6.45, 7) is 0. The van der Waals surface area contributed by atoms with Gasteiger partial charge in [0.15, 0.2) is 5.78 Å². The lowest BCUT2D eigenvalue weighted by Crippen LogP contribution is -2.03. The average Bonchev–Trinajstić information content (AvgIpc) is 2.88. The highest BCUT2D eigenvalue weighted by atomic mass is 16.5. The molecule has 4 aromatic rings. The maximum atomic E-state index is 12.2. The molecule has 4 rings (SSSR count). The second-order valence-electron chi connectivity index (χ2n) is 7.67. The van der Waals surface area contributed by atoms with Gasteiger partial charge in [-0.3, -0.25) is 4.79 Å². The van der Waals surface area contributed by atoms with Crippen LogP contribution in [0.4, 0.5) is 0 Å². The van der Waals surface area contributed by atoms with E-state index in [9.17, 15) is 24.6 Å². The summed E-state index contributed by atoms with van der Waals surface area (Å²) in [5.74, 6) is -1.98. The van der Waals surface area contributed by atoms with Crippen molar-refractivity contribution < 1.29 is 29.3 Å². The molecule has 0 radical (unpaired) electrons. The third-order valence-corrected chi connectivity index (χ3v) is 5.22. The minimum atomic E-state index is -1.24. The number of rotatable bonds is 8. The third-order valence-electron chi connectivity index (χ3n) is 5.22. The summed E-state index contributed by atoms with van der Waals surface area (Å²) in [5.41, 5.74) is 3.08. The van der Waals surface area contributed by atoms with Gasteiger partial charge in [-0.05, 0) is 53.1 Å². The third kappa shape index (κ3) is 5.89. The van der Waals surface area contributed by atoms with E-state index in [1.54, 1.807) is 36.4 Å². The zero-order valence-electron chi connectivity index (χ0n) is 18.4. The van der Waals surface area contributed by atoms with Crippen molar-refractivity contribution in [3.63, 3.8) is 0 Å². The van der Waals surface area contributed by atoms with Crippen LogP contribution in [0, 0.1) is 0 Å². The van der Waals surface area contributed by atoms with E-state index in [4.69, 9.17) is 4.74 Å². The van der Waals surface area contributed by atoms with Crippen LogP contribution in [0.25, 0.3) is 17.2 Å². The van der Waals surface area contributed by atoms with E-state index >= 15 is 0 Å². The molecule has 172 valence electrons. The van der Waals surface area contributed by atoms with Crippen molar-refractivity contribution in [1.82, 2.24) is 0 Å². The summed E-state index contributed by atoms with van der Waals surface area (Å²) < 4.78 is 5.69. The number of allylic oxidation sites excluding steroid dienone is 1. The molecule has 0 aromatic heterocycles. The van der Waals surface area contributed by atoms with Gasteiger partial charge in [-0.1, -0.05) is 72.8 Å². The van der Waals surface area contributed by atoms with E-state index in [2.05, 4.69) is 0 Å². The summed E-state index contributed by atoms with van der Waals surface area (Å²) in [4.78, 5) is 34.8. The number of carbonyl (C=O) groups is 3. The Bertz CT molecular complexity index is 1370. The normalized spacial score (nSPS) is 10.7. The highest BCUT2D eigenvalue weighted by Crippen LogP contribution is 2.28. The van der Waals surface area contributed by atoms with Crippen LogP contribution in [0.2, 0.25) is 0 Å². The number of carboxylic acids is 2. The predicted molar refractivity (Wildman–Crippen MR) is 132 cm³/mol. The fraction of sp³-hybridized carbons (Fsp3) is 0. The molecule has 2 N–H and O–H groups in total. The molecule has 4 aromatic carbocycles. The molecular formula is C29H20O6. The summed E-state index contributed by atoms with van der Waals surface area (Å²) in [6.07, 6.45) is 3.32. The molecule has 0 unspecified atom stereocenters. The number of carbonyl (C=O) groups excluding carboxylic acids is 1. The number of carboxylic acid groups (broad SMARTS) is 2. The Morgan fingerprint density at radius 3 is 1.69 bits per heavy atom. The number of aromatic carboxylic acids is 2. The Balaban J connectivity index is 1.45. The van der Waals surface area contributed by atoms with Crippen LogP contribution in [0.15, 0.2) is 103 Å². The lowest BCUT2D eigenvalue weighted by molar-refractivity contribution is 0.0696. The van der Waals surface area contributed by atoms with Crippen molar-refractivity contribution in [3.05, 3.63) is 125 Å². The molecule has 35 heavy (non-hydrogen) atoms. The maximum absolute atomic E-state index is 12.2. The van der Waals surface area contributed by atoms with Crippen LogP contribution < -0.4 is 4.74 Å². The van der Waals surface area contributed by atoms with E-state index in [1.165, 1.54) is 12.1 Å². The molecule has 6 heteroatoms. The number of hydrogen-bond donors (Lipinski definition) is 2. The molecule has 0 atom stereocenters. The topological polar surface area (TPSA) is 101 Å². The molecule has 0 aliphatic rings. The molecule has 0 fully saturated rings. The van der Waals surface area contributed by atoms with Crippen LogP contribution >= 0.6 is 0 Å². The average molecular weight is 464 g/mol. The molecular weight excluding hydrogens is 444 g/mol. The molecule has 0 bridgehead atoms. The van der Waals surface area contributed by atoms with Crippen molar-refractivity contribution in [1.29, 1.82) is 0 Å². The minimum absolute atomic E-state index is 0.0605. The van der Waals surface area contributed by atoms with E-state index in [1.807, 2.05) is 54.6 Å². The molecule has 0 heterocycles. The predicted octanol–water partition coefficient (Wildman–Crippen LogP) is 6.44. The standard InChI is InChI=1S/C29H20O6/c30-27(22-4-2-1-3-5-22)15-8-19-6-9-20(10-7-19)21-11-13-25(14-12-21)35-26-17-23(28(31)32)16-24(18-26)29(33)34/h1-18H,(H,31,32)(H,33,34). The van der Waals surface area contributed by atoms with Gasteiger partial charge in [0.1, 0.15) is 11.5 Å². The van der Waals surface area contributed by atoms with E-state index < -0.39 is 11.9 Å². The fourth-order valence-electron chi connectivity index (χ4n) is 3.41. The van der Waals surface area contributed by atoms with Gasteiger partial charge in [0, 0.05) is 5.56 Å². The van der Waals surface area contributed by atoms with Gasteiger partial charge in [0.2, 0.25) is 0 Å². The van der Waals surface area contributed by atoms with Crippen molar-refractivity contribution in [3.8, 4) is 22.6 Å². The van der Waals surface area contributed by atoms with Gasteiger partial charge in [0.05, 0.1) is 11.1 Å². The van der Waals surface area contributed by atoms with Crippen molar-refractivity contribution >= 4 is 23.8 Å². The Hall–Kier alpha value is -4.97. The molecule has 6 nitrogen and oxygen atoms in total. The van der Waals surface area contributed by atoms with E-state index in [0.29, 0.717) is 11.3 Å². The second-order valence-corrected chi connectivity index (χ2v) is 7.67. The van der Waals surface area contributed by atoms with Crippen LogP contribution in [0.5, 0.6) is 11.5 Å². The Morgan fingerprint density at radius 2 is 1.14 bits per heavy atom. The first-order valence-corrected chi connectivity index (χ1v) is 10.7. The first kappa shape index (κ1) is 23.2. The lowest BCUT2D eigenvalue weighted by Gasteiger charge is -2.09. The quantitative estimate of drug-likeness (QED) is 0.230. The maximum Gasteiger partial charge on any atom is 0.335 e. The van der Waals surface area contributed by atoms with Gasteiger partial charge in [-0.15, -0.1) is 0 Å². The van der Waals surface area contributed by atoms with Crippen molar-refractivity contribution in [2.24, 2.45) is 0 Å². The molecule has 0 aliphatic heterocycles. The minimum Gasteiger partial charge on any atom is -0.478 e. The zero-order valence-corrected chi connectivity index (χ0v) is 18.4. The van der Waals surface area contributed by atoms with E-state index in [-0.39, 0.29) is 22.7 Å². The first-order valence-electron chi connectivity index (χ1n) is 10.7. The summed E-state index contributed by atoms with van der Waals surface area (Å²) in [5, 5.41) is 18.4. The Morgan fingerprint density at radius 1 is 0.600 bits per heavy atom. The Kier molecular flexibility index (Phi) is 6.83. The number of hydrogen-bond acceptors (Lipinski definition) is 4. The fourth-order valence-corrected chi connectivity index (χ4v) is 3.41. The summed E-state index contributed by atoms with van der Waals surface area (Å²) in [7, 11) is 0. The van der Waals surface area contributed by atoms with Crippen LogP contribution in [0.3, 0.4) is 0 Å². The number of ether oxygens (including phenoxy) is 1. The first-order chi connectivity index (χ1) is 16.9. The van der Waals surface area contributed by atoms with Crippen LogP contribution in [-0.4, -0.2) is 27.9 Å². The van der Waals surface area contributed by atoms with Gasteiger partial charge < -0.3 is 14.9 Å². The molecule has 0 aliphatic carbocycles. The van der Waals surface area contributed by atoms with Gasteiger partial charge in [-0.2, -0.15) is 0 Å². The van der Waals surface area contributed by atoms with Gasteiger partial charge in [-0.25, -0.2) is 9.59 Å². The number of ketones is 1.